The first-order valence-electron chi connectivity index (χ1n) is 8.97. The molecule has 0 spiro atoms. The number of hydrogen-bond donors (Lipinski definition) is 1. The van der Waals surface area contributed by atoms with Gasteiger partial charge in [-0.25, -0.2) is 8.42 Å². The van der Waals surface area contributed by atoms with Crippen LogP contribution in [-0.4, -0.2) is 14.3 Å². The Morgan fingerprint density at radius 2 is 1.80 bits per heavy atom. The highest BCUT2D eigenvalue weighted by atomic mass is 32.2. The van der Waals surface area contributed by atoms with Crippen molar-refractivity contribution in [3.63, 3.8) is 0 Å². The molecule has 4 nitrogen and oxygen atoms in total. The molecule has 1 aliphatic heterocycles. The number of benzene rings is 2. The van der Waals surface area contributed by atoms with E-state index < -0.39 is 27.5 Å². The molecule has 0 bridgehead atoms. The molecule has 1 atom stereocenters. The van der Waals surface area contributed by atoms with Crippen molar-refractivity contribution in [3.05, 3.63) is 75.5 Å². The van der Waals surface area contributed by atoms with Gasteiger partial charge in [-0.2, -0.15) is 13.2 Å². The summed E-state index contributed by atoms with van der Waals surface area (Å²) in [7, 11) is -3.87. The van der Waals surface area contributed by atoms with Crippen molar-refractivity contribution in [2.45, 2.75) is 35.2 Å². The van der Waals surface area contributed by atoms with Gasteiger partial charge in [-0.1, -0.05) is 24.3 Å². The first kappa shape index (κ1) is 20.6. The molecule has 2 aromatic carbocycles. The van der Waals surface area contributed by atoms with Crippen LogP contribution in [0.15, 0.2) is 63.7 Å². The van der Waals surface area contributed by atoms with Crippen LogP contribution >= 0.6 is 11.3 Å². The number of halogens is 3. The molecule has 3 aromatic rings. The standard InChI is InChI=1S/C21H16F3NO3S2/c1-12-3-2-4-15(9-12)30(27,28)17-11-29-20-16(10-18(26)25-19(17)20)13-5-7-14(8-6-13)21(22,23)24/h2-9,11,16H,10H2,1H3,(H,25,26). The van der Waals surface area contributed by atoms with Crippen LogP contribution in [0, 0.1) is 6.92 Å². The number of sulfone groups is 1. The lowest BCUT2D eigenvalue weighted by atomic mass is 9.90. The Balaban J connectivity index is 1.78. The van der Waals surface area contributed by atoms with Gasteiger partial charge >= 0.3 is 6.18 Å². The molecular formula is C21H16F3NO3S2. The SMILES string of the molecule is Cc1cccc(S(=O)(=O)c2csc3c2NC(=O)CC3c2ccc(C(F)(F)F)cc2)c1. The van der Waals surface area contributed by atoms with Crippen molar-refractivity contribution in [1.82, 2.24) is 0 Å². The lowest BCUT2D eigenvalue weighted by molar-refractivity contribution is -0.137. The summed E-state index contributed by atoms with van der Waals surface area (Å²) >= 11 is 1.18. The molecule has 2 heterocycles. The first-order valence-corrected chi connectivity index (χ1v) is 11.3. The van der Waals surface area contributed by atoms with Crippen molar-refractivity contribution in [2.75, 3.05) is 5.32 Å². The van der Waals surface area contributed by atoms with E-state index in [1.165, 1.54) is 34.9 Å². The summed E-state index contributed by atoms with van der Waals surface area (Å²) in [6.45, 7) is 1.78. The second-order valence-corrected chi connectivity index (χ2v) is 9.91. The minimum Gasteiger partial charge on any atom is -0.324 e. The van der Waals surface area contributed by atoms with Crippen LogP contribution in [0.25, 0.3) is 0 Å². The zero-order valence-corrected chi connectivity index (χ0v) is 17.3. The number of thiophene rings is 1. The maximum atomic E-state index is 13.2. The second kappa shape index (κ2) is 7.24. The van der Waals surface area contributed by atoms with Gasteiger partial charge in [0.25, 0.3) is 0 Å². The maximum Gasteiger partial charge on any atom is 0.416 e. The highest BCUT2D eigenvalue weighted by Gasteiger charge is 2.35. The number of aryl methyl sites for hydroxylation is 1. The fraction of sp³-hybridized carbons (Fsp3) is 0.190. The summed E-state index contributed by atoms with van der Waals surface area (Å²) in [5.41, 5.74) is 0.746. The van der Waals surface area contributed by atoms with Gasteiger partial charge in [-0.3, -0.25) is 4.79 Å². The van der Waals surface area contributed by atoms with E-state index in [0.717, 1.165) is 17.7 Å². The Morgan fingerprint density at radius 1 is 1.10 bits per heavy atom. The summed E-state index contributed by atoms with van der Waals surface area (Å²) in [5, 5.41) is 4.12. The summed E-state index contributed by atoms with van der Waals surface area (Å²) in [6.07, 6.45) is -4.42. The summed E-state index contributed by atoms with van der Waals surface area (Å²) in [6, 6.07) is 11.1. The largest absolute Gasteiger partial charge is 0.416 e. The quantitative estimate of drug-likeness (QED) is 0.581. The summed E-state index contributed by atoms with van der Waals surface area (Å²) in [5.74, 6) is -0.894. The molecule has 1 unspecified atom stereocenters. The predicted octanol–water partition coefficient (Wildman–Crippen LogP) is 5.38. The van der Waals surface area contributed by atoms with E-state index in [2.05, 4.69) is 5.32 Å². The lowest BCUT2D eigenvalue weighted by Gasteiger charge is -2.24. The second-order valence-electron chi connectivity index (χ2n) is 7.08. The van der Waals surface area contributed by atoms with Gasteiger partial charge in [-0.15, -0.1) is 11.3 Å². The molecule has 1 N–H and O–H groups in total. The first-order chi connectivity index (χ1) is 14.1. The molecule has 0 fully saturated rings. The Kier molecular flexibility index (Phi) is 4.98. The molecule has 0 saturated carbocycles. The van der Waals surface area contributed by atoms with Crippen LogP contribution < -0.4 is 5.32 Å². The van der Waals surface area contributed by atoms with Gasteiger partial charge in [-0.05, 0) is 42.3 Å². The lowest BCUT2D eigenvalue weighted by Crippen LogP contribution is -2.23. The average molecular weight is 451 g/mol. The van der Waals surface area contributed by atoms with Gasteiger partial charge in [0.05, 0.1) is 16.1 Å². The number of fused-ring (bicyclic) bond motifs is 1. The van der Waals surface area contributed by atoms with Crippen LogP contribution in [0.3, 0.4) is 0 Å². The number of amides is 1. The van der Waals surface area contributed by atoms with Crippen molar-refractivity contribution >= 4 is 32.8 Å². The minimum absolute atomic E-state index is 0.00179. The number of nitrogens with one attached hydrogen (secondary N) is 1. The molecule has 0 aliphatic carbocycles. The van der Waals surface area contributed by atoms with E-state index in [0.29, 0.717) is 10.4 Å². The van der Waals surface area contributed by atoms with Crippen LogP contribution in [-0.2, 0) is 20.8 Å². The van der Waals surface area contributed by atoms with Crippen LogP contribution in [0.5, 0.6) is 0 Å². The minimum atomic E-state index is -4.45. The highest BCUT2D eigenvalue weighted by Crippen LogP contribution is 2.46. The Morgan fingerprint density at radius 3 is 2.43 bits per heavy atom. The third-order valence-electron chi connectivity index (χ3n) is 4.99. The number of alkyl halides is 3. The normalized spacial score (nSPS) is 16.8. The van der Waals surface area contributed by atoms with Gasteiger partial charge in [0.1, 0.15) is 4.90 Å². The van der Waals surface area contributed by atoms with Crippen LogP contribution in [0.2, 0.25) is 0 Å². The molecule has 1 aromatic heterocycles. The zero-order chi connectivity index (χ0) is 21.7. The predicted molar refractivity (Wildman–Crippen MR) is 107 cm³/mol. The number of hydrogen-bond acceptors (Lipinski definition) is 4. The van der Waals surface area contributed by atoms with Gasteiger partial charge in [0, 0.05) is 22.6 Å². The number of anilines is 1. The molecule has 1 aliphatic rings. The van der Waals surface area contributed by atoms with Gasteiger partial charge < -0.3 is 5.32 Å². The third kappa shape index (κ3) is 3.63. The molecule has 156 valence electrons. The smallest absolute Gasteiger partial charge is 0.324 e. The van der Waals surface area contributed by atoms with E-state index in [4.69, 9.17) is 0 Å². The van der Waals surface area contributed by atoms with Gasteiger partial charge in [0.15, 0.2) is 0 Å². The Hall–Kier alpha value is -2.65. The Labute approximate surface area is 175 Å². The number of carbonyl (C=O) groups excluding carboxylic acids is 1. The molecule has 30 heavy (non-hydrogen) atoms. The van der Waals surface area contributed by atoms with Crippen LogP contribution in [0.4, 0.5) is 18.9 Å². The topological polar surface area (TPSA) is 63.2 Å². The van der Waals surface area contributed by atoms with Crippen molar-refractivity contribution in [3.8, 4) is 0 Å². The van der Waals surface area contributed by atoms with E-state index in [1.54, 1.807) is 25.1 Å². The fourth-order valence-electron chi connectivity index (χ4n) is 3.49. The number of rotatable bonds is 3. The van der Waals surface area contributed by atoms with E-state index >= 15 is 0 Å². The van der Waals surface area contributed by atoms with Crippen molar-refractivity contribution in [2.24, 2.45) is 0 Å². The molecule has 1 amide bonds. The average Bonchev–Trinajstić information content (AvgIpc) is 3.11. The summed E-state index contributed by atoms with van der Waals surface area (Å²) < 4.78 is 64.9. The highest BCUT2D eigenvalue weighted by molar-refractivity contribution is 7.91. The van der Waals surface area contributed by atoms with Gasteiger partial charge in [0.2, 0.25) is 15.7 Å². The maximum absolute atomic E-state index is 13.2. The molecule has 9 heteroatoms. The zero-order valence-electron chi connectivity index (χ0n) is 15.7. The third-order valence-corrected chi connectivity index (χ3v) is 8.01. The molecular weight excluding hydrogens is 435 g/mol. The molecule has 0 saturated heterocycles. The van der Waals surface area contributed by atoms with E-state index in [1.807, 2.05) is 0 Å². The van der Waals surface area contributed by atoms with Crippen LogP contribution in [0.1, 0.15) is 33.9 Å². The Bertz CT molecular complexity index is 1230. The van der Waals surface area contributed by atoms with Crippen molar-refractivity contribution < 1.29 is 26.4 Å². The van der Waals surface area contributed by atoms with E-state index in [9.17, 15) is 26.4 Å². The van der Waals surface area contributed by atoms with E-state index in [-0.39, 0.29) is 27.8 Å². The van der Waals surface area contributed by atoms with Crippen molar-refractivity contribution in [1.29, 1.82) is 0 Å². The monoisotopic (exact) mass is 451 g/mol. The number of carbonyl (C=O) groups is 1. The summed E-state index contributed by atoms with van der Waals surface area (Å²) in [4.78, 5) is 13.1. The molecule has 4 rings (SSSR count). The fourth-order valence-corrected chi connectivity index (χ4v) is 6.50. The molecule has 0 radical (unpaired) electrons.